The van der Waals surface area contributed by atoms with Gasteiger partial charge in [-0.2, -0.15) is 0 Å². The van der Waals surface area contributed by atoms with Crippen molar-refractivity contribution in [2.24, 2.45) is 0 Å². The molecular formula is C19H14F2N2O3S. The summed E-state index contributed by atoms with van der Waals surface area (Å²) < 4.78 is 54.8. The first-order valence-corrected chi connectivity index (χ1v) is 9.67. The number of rotatable bonds is 4. The minimum atomic E-state index is -4.16. The van der Waals surface area contributed by atoms with Gasteiger partial charge >= 0.3 is 0 Å². The number of hydrogen-bond acceptors (Lipinski definition) is 3. The second-order valence-corrected chi connectivity index (χ2v) is 7.74. The average Bonchev–Trinajstić information content (AvgIpc) is 2.91. The molecule has 0 aliphatic carbocycles. The zero-order valence-corrected chi connectivity index (χ0v) is 15.0. The van der Waals surface area contributed by atoms with Crippen molar-refractivity contribution in [1.29, 1.82) is 0 Å². The molecule has 0 bridgehead atoms. The minimum absolute atomic E-state index is 0.0856. The van der Waals surface area contributed by atoms with Crippen molar-refractivity contribution in [3.8, 4) is 0 Å². The Labute approximate surface area is 154 Å². The Morgan fingerprint density at radius 1 is 1.07 bits per heavy atom. The maximum absolute atomic E-state index is 13.9. The molecule has 1 heterocycles. The summed E-state index contributed by atoms with van der Waals surface area (Å²) in [5.41, 5.74) is 0.709. The third-order valence-electron chi connectivity index (χ3n) is 4.53. The lowest BCUT2D eigenvalue weighted by Gasteiger charge is -2.16. The van der Waals surface area contributed by atoms with E-state index in [1.54, 1.807) is 29.2 Å². The first-order valence-electron chi connectivity index (χ1n) is 8.19. The molecule has 3 aromatic carbocycles. The Morgan fingerprint density at radius 3 is 2.56 bits per heavy atom. The molecule has 0 unspecified atom stereocenters. The van der Waals surface area contributed by atoms with Gasteiger partial charge in [-0.3, -0.25) is 9.52 Å². The van der Waals surface area contributed by atoms with E-state index in [0.717, 1.165) is 12.1 Å². The summed E-state index contributed by atoms with van der Waals surface area (Å²) in [4.78, 5) is 14.0. The van der Waals surface area contributed by atoms with Crippen LogP contribution < -0.4 is 9.62 Å². The molecule has 5 nitrogen and oxygen atoms in total. The third kappa shape index (κ3) is 2.64. The van der Waals surface area contributed by atoms with E-state index in [9.17, 15) is 22.0 Å². The van der Waals surface area contributed by atoms with Gasteiger partial charge in [-0.25, -0.2) is 17.2 Å². The standard InChI is InChI=1S/C19H14F2N2O3S/c1-2-23-16-8-9-17(12-4-3-5-13(18(12)16)19(23)24)27(25,26)22-15-7-6-11(20)10-14(15)21/h3-10,22H,2H2,1H3. The van der Waals surface area contributed by atoms with Gasteiger partial charge in [0.2, 0.25) is 0 Å². The van der Waals surface area contributed by atoms with Crippen LogP contribution in [0.1, 0.15) is 17.3 Å². The van der Waals surface area contributed by atoms with Crippen molar-refractivity contribution >= 4 is 38.1 Å². The van der Waals surface area contributed by atoms with Gasteiger partial charge in [0.05, 0.1) is 16.3 Å². The first kappa shape index (κ1) is 17.4. The van der Waals surface area contributed by atoms with Crippen molar-refractivity contribution in [3.63, 3.8) is 0 Å². The molecule has 8 heteroatoms. The fourth-order valence-electron chi connectivity index (χ4n) is 3.34. The number of anilines is 2. The molecule has 3 aromatic rings. The maximum Gasteiger partial charge on any atom is 0.262 e. The van der Waals surface area contributed by atoms with Crippen LogP contribution in [0.15, 0.2) is 53.4 Å². The number of carbonyl (C=O) groups excluding carboxylic acids is 1. The van der Waals surface area contributed by atoms with Gasteiger partial charge in [-0.15, -0.1) is 0 Å². The van der Waals surface area contributed by atoms with Crippen molar-refractivity contribution < 1.29 is 22.0 Å². The van der Waals surface area contributed by atoms with Crippen molar-refractivity contribution in [1.82, 2.24) is 0 Å². The molecule has 1 aliphatic heterocycles. The van der Waals surface area contributed by atoms with Gasteiger partial charge < -0.3 is 4.90 Å². The highest BCUT2D eigenvalue weighted by Gasteiger charge is 2.31. The Morgan fingerprint density at radius 2 is 1.85 bits per heavy atom. The van der Waals surface area contributed by atoms with Gasteiger partial charge in [0.15, 0.2) is 0 Å². The minimum Gasteiger partial charge on any atom is -0.308 e. The van der Waals surface area contributed by atoms with Crippen LogP contribution in [0.25, 0.3) is 10.8 Å². The average molecular weight is 388 g/mol. The molecule has 0 atom stereocenters. The fraction of sp³-hybridized carbons (Fsp3) is 0.105. The SMILES string of the molecule is CCN1C(=O)c2cccc3c(S(=O)(=O)Nc4ccc(F)cc4F)ccc1c23. The van der Waals surface area contributed by atoms with E-state index in [1.807, 2.05) is 6.92 Å². The molecule has 0 aromatic heterocycles. The van der Waals surface area contributed by atoms with Crippen LogP contribution in [-0.2, 0) is 10.0 Å². The lowest BCUT2D eigenvalue weighted by molar-refractivity contribution is 0.0994. The molecule has 4 rings (SSSR count). The Hall–Kier alpha value is -3.00. The van der Waals surface area contributed by atoms with Crippen molar-refractivity contribution in [2.75, 3.05) is 16.2 Å². The van der Waals surface area contributed by atoms with E-state index in [4.69, 9.17) is 0 Å². The normalized spacial score (nSPS) is 13.4. The number of nitrogens with one attached hydrogen (secondary N) is 1. The summed E-state index contributed by atoms with van der Waals surface area (Å²) in [7, 11) is -4.16. The molecule has 27 heavy (non-hydrogen) atoms. The topological polar surface area (TPSA) is 66.5 Å². The molecule has 0 saturated heterocycles. The van der Waals surface area contributed by atoms with Gasteiger partial charge in [0.25, 0.3) is 15.9 Å². The highest BCUT2D eigenvalue weighted by atomic mass is 32.2. The van der Waals surface area contributed by atoms with Gasteiger partial charge in [0.1, 0.15) is 11.6 Å². The molecule has 1 N–H and O–H groups in total. The summed E-state index contributed by atoms with van der Waals surface area (Å²) >= 11 is 0. The van der Waals surface area contributed by atoms with Gasteiger partial charge in [-0.1, -0.05) is 12.1 Å². The fourth-order valence-corrected chi connectivity index (χ4v) is 4.61. The van der Waals surface area contributed by atoms with E-state index < -0.39 is 21.7 Å². The van der Waals surface area contributed by atoms with E-state index in [0.29, 0.717) is 34.6 Å². The van der Waals surface area contributed by atoms with Crippen LogP contribution in [0, 0.1) is 11.6 Å². The molecule has 1 amide bonds. The number of sulfonamides is 1. The lowest BCUT2D eigenvalue weighted by atomic mass is 10.1. The Balaban J connectivity index is 1.88. The molecule has 1 aliphatic rings. The highest BCUT2D eigenvalue weighted by molar-refractivity contribution is 7.93. The third-order valence-corrected chi connectivity index (χ3v) is 5.95. The lowest BCUT2D eigenvalue weighted by Crippen LogP contribution is -2.25. The number of nitrogens with zero attached hydrogens (tertiary/aromatic N) is 1. The van der Waals surface area contributed by atoms with Gasteiger partial charge in [0, 0.05) is 28.9 Å². The quantitative estimate of drug-likeness (QED) is 0.737. The molecule has 0 spiro atoms. The second kappa shape index (κ2) is 6.02. The zero-order chi connectivity index (χ0) is 19.3. The Kier molecular flexibility index (Phi) is 3.88. The van der Waals surface area contributed by atoms with Crippen LogP contribution >= 0.6 is 0 Å². The van der Waals surface area contributed by atoms with Crippen LogP contribution in [0.2, 0.25) is 0 Å². The number of amides is 1. The van der Waals surface area contributed by atoms with E-state index >= 15 is 0 Å². The molecule has 0 radical (unpaired) electrons. The highest BCUT2D eigenvalue weighted by Crippen LogP contribution is 2.40. The van der Waals surface area contributed by atoms with E-state index in [1.165, 1.54) is 6.07 Å². The predicted molar refractivity (Wildman–Crippen MR) is 98.5 cm³/mol. The maximum atomic E-state index is 13.9. The van der Waals surface area contributed by atoms with Crippen molar-refractivity contribution in [3.05, 3.63) is 65.7 Å². The molecule has 0 fully saturated rings. The monoisotopic (exact) mass is 388 g/mol. The summed E-state index contributed by atoms with van der Waals surface area (Å²) in [6, 6.07) is 10.4. The number of benzene rings is 3. The molecule has 138 valence electrons. The first-order chi connectivity index (χ1) is 12.8. The largest absolute Gasteiger partial charge is 0.308 e. The predicted octanol–water partition coefficient (Wildman–Crippen LogP) is 3.90. The number of halogens is 2. The number of carbonyl (C=O) groups is 1. The van der Waals surface area contributed by atoms with Crippen molar-refractivity contribution in [2.45, 2.75) is 11.8 Å². The summed E-state index contributed by atoms with van der Waals surface area (Å²) in [6.07, 6.45) is 0. The summed E-state index contributed by atoms with van der Waals surface area (Å²) in [5, 5.41) is 0.913. The van der Waals surface area contributed by atoms with Crippen LogP contribution in [-0.4, -0.2) is 20.9 Å². The zero-order valence-electron chi connectivity index (χ0n) is 14.2. The smallest absolute Gasteiger partial charge is 0.262 e. The second-order valence-electron chi connectivity index (χ2n) is 6.09. The van der Waals surface area contributed by atoms with E-state index in [-0.39, 0.29) is 16.5 Å². The molecule has 0 saturated carbocycles. The number of hydrogen-bond donors (Lipinski definition) is 1. The Bertz CT molecular complexity index is 1210. The van der Waals surface area contributed by atoms with E-state index in [2.05, 4.69) is 4.72 Å². The van der Waals surface area contributed by atoms with Crippen LogP contribution in [0.3, 0.4) is 0 Å². The van der Waals surface area contributed by atoms with Crippen LogP contribution in [0.4, 0.5) is 20.2 Å². The summed E-state index contributed by atoms with van der Waals surface area (Å²) in [6.45, 7) is 2.28. The summed E-state index contributed by atoms with van der Waals surface area (Å²) in [5.74, 6) is -2.01. The van der Waals surface area contributed by atoms with Crippen LogP contribution in [0.5, 0.6) is 0 Å². The molecular weight excluding hydrogens is 374 g/mol. The van der Waals surface area contributed by atoms with Gasteiger partial charge in [-0.05, 0) is 37.3 Å².